The minimum Gasteiger partial charge on any atom is -0.490 e. The molecule has 1 saturated carbocycles. The van der Waals surface area contributed by atoms with Crippen LogP contribution in [0.4, 0.5) is 0 Å². The van der Waals surface area contributed by atoms with Crippen LogP contribution in [0.2, 0.25) is 0 Å². The van der Waals surface area contributed by atoms with Crippen molar-refractivity contribution in [1.82, 2.24) is 0 Å². The Labute approximate surface area is 122 Å². The van der Waals surface area contributed by atoms with E-state index in [1.54, 1.807) is 0 Å². The van der Waals surface area contributed by atoms with E-state index in [0.29, 0.717) is 18.6 Å². The predicted octanol–water partition coefficient (Wildman–Crippen LogP) is 3.62. The Balaban J connectivity index is 1.83. The van der Waals surface area contributed by atoms with Crippen molar-refractivity contribution >= 4 is 0 Å². The summed E-state index contributed by atoms with van der Waals surface area (Å²) in [4.78, 5) is 0. The molecule has 2 N–H and O–H groups in total. The molecule has 1 aromatic rings. The van der Waals surface area contributed by atoms with Gasteiger partial charge in [0.05, 0.1) is 13.2 Å². The van der Waals surface area contributed by atoms with Crippen LogP contribution < -0.4 is 15.2 Å². The molecule has 0 saturated heterocycles. The monoisotopic (exact) mass is 277 g/mol. The van der Waals surface area contributed by atoms with Gasteiger partial charge in [-0.3, -0.25) is 0 Å². The minimum atomic E-state index is 0.344. The van der Waals surface area contributed by atoms with E-state index < -0.39 is 0 Å². The molecule has 112 valence electrons. The third-order valence-electron chi connectivity index (χ3n) is 4.20. The van der Waals surface area contributed by atoms with Crippen LogP contribution in [-0.4, -0.2) is 19.3 Å². The molecule has 1 aliphatic carbocycles. The van der Waals surface area contributed by atoms with Crippen LogP contribution in [0.5, 0.6) is 11.5 Å². The SMILES string of the molecule is CCOc1ccccc1OCCC1CC(C)CCC1N. The van der Waals surface area contributed by atoms with Crippen molar-refractivity contribution in [2.24, 2.45) is 17.6 Å². The highest BCUT2D eigenvalue weighted by atomic mass is 16.5. The van der Waals surface area contributed by atoms with E-state index in [1.807, 2.05) is 31.2 Å². The van der Waals surface area contributed by atoms with Gasteiger partial charge < -0.3 is 15.2 Å². The fourth-order valence-electron chi connectivity index (χ4n) is 3.02. The van der Waals surface area contributed by atoms with Crippen LogP contribution in [0, 0.1) is 11.8 Å². The maximum Gasteiger partial charge on any atom is 0.161 e. The second kappa shape index (κ2) is 7.53. The first kappa shape index (κ1) is 15.2. The van der Waals surface area contributed by atoms with Crippen LogP contribution in [-0.2, 0) is 0 Å². The normalized spacial score (nSPS) is 26.2. The van der Waals surface area contributed by atoms with Crippen LogP contribution >= 0.6 is 0 Å². The molecule has 3 unspecified atom stereocenters. The van der Waals surface area contributed by atoms with Gasteiger partial charge in [-0.25, -0.2) is 0 Å². The quantitative estimate of drug-likeness (QED) is 0.863. The average molecular weight is 277 g/mol. The third kappa shape index (κ3) is 4.14. The maximum atomic E-state index is 6.22. The lowest BCUT2D eigenvalue weighted by Crippen LogP contribution is -2.36. The Morgan fingerprint density at radius 3 is 2.55 bits per heavy atom. The van der Waals surface area contributed by atoms with Crippen LogP contribution in [0.25, 0.3) is 0 Å². The lowest BCUT2D eigenvalue weighted by molar-refractivity contribution is 0.191. The Hall–Kier alpha value is -1.22. The van der Waals surface area contributed by atoms with Gasteiger partial charge in [-0.2, -0.15) is 0 Å². The van der Waals surface area contributed by atoms with E-state index >= 15 is 0 Å². The standard InChI is InChI=1S/C17H27NO2/c1-3-19-16-6-4-5-7-17(16)20-11-10-14-12-13(2)8-9-15(14)18/h4-7,13-15H,3,8-12,18H2,1-2H3. The molecule has 1 fully saturated rings. The zero-order chi connectivity index (χ0) is 14.4. The van der Waals surface area contributed by atoms with Crippen molar-refractivity contribution in [3.05, 3.63) is 24.3 Å². The molecule has 3 nitrogen and oxygen atoms in total. The molecular formula is C17H27NO2. The van der Waals surface area contributed by atoms with Crippen molar-refractivity contribution in [2.75, 3.05) is 13.2 Å². The predicted molar refractivity (Wildman–Crippen MR) is 82.2 cm³/mol. The number of hydrogen-bond acceptors (Lipinski definition) is 3. The summed E-state index contributed by atoms with van der Waals surface area (Å²) in [6.45, 7) is 5.68. The molecule has 3 heteroatoms. The van der Waals surface area contributed by atoms with Crippen LogP contribution in [0.15, 0.2) is 24.3 Å². The third-order valence-corrected chi connectivity index (χ3v) is 4.20. The summed E-state index contributed by atoms with van der Waals surface area (Å²) in [5.74, 6) is 3.07. The molecule has 0 spiro atoms. The van der Waals surface area contributed by atoms with Crippen molar-refractivity contribution in [1.29, 1.82) is 0 Å². The summed E-state index contributed by atoms with van der Waals surface area (Å²) in [6.07, 6.45) is 4.69. The fourth-order valence-corrected chi connectivity index (χ4v) is 3.02. The van der Waals surface area contributed by atoms with Crippen LogP contribution in [0.3, 0.4) is 0 Å². The van der Waals surface area contributed by atoms with Gasteiger partial charge in [0, 0.05) is 6.04 Å². The second-order valence-corrected chi connectivity index (χ2v) is 5.86. The maximum absolute atomic E-state index is 6.22. The Kier molecular flexibility index (Phi) is 5.72. The highest BCUT2D eigenvalue weighted by Gasteiger charge is 2.25. The molecule has 20 heavy (non-hydrogen) atoms. The summed E-state index contributed by atoms with van der Waals surface area (Å²) in [7, 11) is 0. The second-order valence-electron chi connectivity index (χ2n) is 5.86. The van der Waals surface area contributed by atoms with E-state index in [9.17, 15) is 0 Å². The average Bonchev–Trinajstić information content (AvgIpc) is 2.45. The summed E-state index contributed by atoms with van der Waals surface area (Å²) >= 11 is 0. The van der Waals surface area contributed by atoms with Gasteiger partial charge in [0.15, 0.2) is 11.5 Å². The largest absolute Gasteiger partial charge is 0.490 e. The minimum absolute atomic E-state index is 0.344. The van der Waals surface area contributed by atoms with Gasteiger partial charge >= 0.3 is 0 Å². The molecule has 0 aromatic heterocycles. The molecule has 0 bridgehead atoms. The lowest BCUT2D eigenvalue weighted by Gasteiger charge is -2.32. The zero-order valence-corrected chi connectivity index (χ0v) is 12.7. The smallest absolute Gasteiger partial charge is 0.161 e. The van der Waals surface area contributed by atoms with E-state index in [-0.39, 0.29) is 0 Å². The number of ether oxygens (including phenoxy) is 2. The van der Waals surface area contributed by atoms with E-state index in [2.05, 4.69) is 6.92 Å². The van der Waals surface area contributed by atoms with Crippen molar-refractivity contribution in [3.63, 3.8) is 0 Å². The molecule has 0 amide bonds. The number of para-hydroxylation sites is 2. The van der Waals surface area contributed by atoms with Crippen molar-refractivity contribution in [2.45, 2.75) is 45.6 Å². The molecule has 0 radical (unpaired) electrons. The number of rotatable bonds is 6. The number of nitrogens with two attached hydrogens (primary N) is 1. The Morgan fingerprint density at radius 2 is 1.85 bits per heavy atom. The number of benzene rings is 1. The fraction of sp³-hybridized carbons (Fsp3) is 0.647. The molecule has 2 rings (SSSR count). The Bertz CT molecular complexity index is 408. The molecule has 0 aliphatic heterocycles. The molecule has 1 aliphatic rings. The highest BCUT2D eigenvalue weighted by molar-refractivity contribution is 5.39. The van der Waals surface area contributed by atoms with Crippen molar-refractivity contribution in [3.8, 4) is 11.5 Å². The van der Waals surface area contributed by atoms with Gasteiger partial charge in [0.1, 0.15) is 0 Å². The molecule has 1 aromatic carbocycles. The summed E-state index contributed by atoms with van der Waals surface area (Å²) in [5, 5.41) is 0. The van der Waals surface area contributed by atoms with E-state index in [1.165, 1.54) is 12.8 Å². The van der Waals surface area contributed by atoms with Crippen LogP contribution in [0.1, 0.15) is 39.5 Å². The first-order chi connectivity index (χ1) is 9.70. The number of hydrogen-bond donors (Lipinski definition) is 1. The first-order valence-corrected chi connectivity index (χ1v) is 7.81. The van der Waals surface area contributed by atoms with Gasteiger partial charge in [0.2, 0.25) is 0 Å². The van der Waals surface area contributed by atoms with E-state index in [4.69, 9.17) is 15.2 Å². The summed E-state index contributed by atoms with van der Waals surface area (Å²) < 4.78 is 11.5. The van der Waals surface area contributed by atoms with Gasteiger partial charge in [-0.05, 0) is 56.6 Å². The van der Waals surface area contributed by atoms with Crippen molar-refractivity contribution < 1.29 is 9.47 Å². The molecule has 3 atom stereocenters. The zero-order valence-electron chi connectivity index (χ0n) is 12.7. The lowest BCUT2D eigenvalue weighted by atomic mass is 9.78. The van der Waals surface area contributed by atoms with Gasteiger partial charge in [0.25, 0.3) is 0 Å². The van der Waals surface area contributed by atoms with Gasteiger partial charge in [-0.15, -0.1) is 0 Å². The first-order valence-electron chi connectivity index (χ1n) is 7.81. The van der Waals surface area contributed by atoms with Gasteiger partial charge in [-0.1, -0.05) is 19.1 Å². The Morgan fingerprint density at radius 1 is 1.15 bits per heavy atom. The topological polar surface area (TPSA) is 44.5 Å². The molecular weight excluding hydrogens is 250 g/mol. The van der Waals surface area contributed by atoms with E-state index in [0.717, 1.165) is 36.9 Å². The molecule has 0 heterocycles. The summed E-state index contributed by atoms with van der Waals surface area (Å²) in [5.41, 5.74) is 6.22. The summed E-state index contributed by atoms with van der Waals surface area (Å²) in [6, 6.07) is 8.21. The highest BCUT2D eigenvalue weighted by Crippen LogP contribution is 2.31.